The molecule has 3 aliphatic rings. The van der Waals surface area contributed by atoms with Gasteiger partial charge in [-0.1, -0.05) is 11.3 Å². The van der Waals surface area contributed by atoms with Crippen LogP contribution in [0.15, 0.2) is 42.6 Å². The highest BCUT2D eigenvalue weighted by Gasteiger charge is 2.37. The number of likely N-dealkylation sites (tertiary alicyclic amines) is 1. The number of carbonyl (C=O) groups excluding carboxylic acids is 2. The second-order valence-corrected chi connectivity index (χ2v) is 9.28. The summed E-state index contributed by atoms with van der Waals surface area (Å²) in [5.74, 6) is 1.91. The van der Waals surface area contributed by atoms with E-state index in [9.17, 15) is 9.59 Å². The van der Waals surface area contributed by atoms with Crippen LogP contribution in [0.4, 0.5) is 0 Å². The molecule has 0 aliphatic carbocycles. The van der Waals surface area contributed by atoms with Crippen LogP contribution in [0.3, 0.4) is 0 Å². The molecule has 1 N–H and O–H groups in total. The zero-order chi connectivity index (χ0) is 26.1. The molecule has 6 rings (SSSR count). The Balaban J connectivity index is 1.22. The van der Waals surface area contributed by atoms with Gasteiger partial charge in [0.1, 0.15) is 12.3 Å². The van der Waals surface area contributed by atoms with Gasteiger partial charge in [-0.2, -0.15) is 0 Å². The number of ether oxygens (including phenoxy) is 5. The Bertz CT molecular complexity index is 1360. The minimum Gasteiger partial charge on any atom is -0.493 e. The van der Waals surface area contributed by atoms with E-state index >= 15 is 0 Å². The predicted octanol–water partition coefficient (Wildman–Crippen LogP) is 1.18. The van der Waals surface area contributed by atoms with Crippen molar-refractivity contribution in [2.24, 2.45) is 0 Å². The Morgan fingerprint density at radius 2 is 2.00 bits per heavy atom. The molecule has 12 nitrogen and oxygen atoms in total. The number of hydrogen-bond acceptors (Lipinski definition) is 9. The molecule has 2 aromatic carbocycles. The Morgan fingerprint density at radius 1 is 1.11 bits per heavy atom. The Hall–Kier alpha value is -4.32. The summed E-state index contributed by atoms with van der Waals surface area (Å²) < 4.78 is 29.9. The van der Waals surface area contributed by atoms with Gasteiger partial charge in [-0.05, 0) is 35.9 Å². The fourth-order valence-corrected chi connectivity index (χ4v) is 4.76. The quantitative estimate of drug-likeness (QED) is 0.541. The lowest BCUT2D eigenvalue weighted by molar-refractivity contribution is -0.130. The highest BCUT2D eigenvalue weighted by Crippen LogP contribution is 2.33. The molecule has 1 saturated heterocycles. The standard InChI is InChI=1S/C26H27N5O7/c1-34-20-5-3-17-10-23(20)35-7-6-31-11-18(28-29-31)14-36-24-13-30(12-19(24)27-26(17)33)25(32)9-16-2-4-21-22(8-16)38-15-37-21/h2-5,8,10-11,19,24H,6-7,9,12-15H2,1H3,(H,27,33)/t19-,24-/m0/s1. The summed E-state index contributed by atoms with van der Waals surface area (Å²) in [6.45, 7) is 1.79. The zero-order valence-corrected chi connectivity index (χ0v) is 20.8. The average Bonchev–Trinajstić information content (AvgIpc) is 3.67. The lowest BCUT2D eigenvalue weighted by Gasteiger charge is -2.20. The fourth-order valence-electron chi connectivity index (χ4n) is 4.76. The second kappa shape index (κ2) is 10.2. The van der Waals surface area contributed by atoms with Gasteiger partial charge in [0.25, 0.3) is 5.91 Å². The Labute approximate surface area is 218 Å². The van der Waals surface area contributed by atoms with E-state index in [2.05, 4.69) is 15.6 Å². The van der Waals surface area contributed by atoms with Gasteiger partial charge >= 0.3 is 0 Å². The number of carbonyl (C=O) groups is 2. The molecule has 198 valence electrons. The number of methoxy groups -OCH3 is 1. The molecule has 2 atom stereocenters. The van der Waals surface area contributed by atoms with E-state index < -0.39 is 12.1 Å². The Kier molecular flexibility index (Phi) is 6.46. The highest BCUT2D eigenvalue weighted by molar-refractivity contribution is 5.95. The predicted molar refractivity (Wildman–Crippen MR) is 131 cm³/mol. The van der Waals surface area contributed by atoms with Crippen molar-refractivity contribution < 1.29 is 33.3 Å². The molecule has 0 radical (unpaired) electrons. The molecule has 1 fully saturated rings. The summed E-state index contributed by atoms with van der Waals surface area (Å²) in [4.78, 5) is 28.2. The van der Waals surface area contributed by atoms with Gasteiger partial charge in [-0.15, -0.1) is 5.10 Å². The number of nitrogens with one attached hydrogen (secondary N) is 1. The third kappa shape index (κ3) is 4.94. The number of hydrogen-bond donors (Lipinski definition) is 1. The van der Waals surface area contributed by atoms with E-state index in [1.165, 1.54) is 0 Å². The van der Waals surface area contributed by atoms with Crippen molar-refractivity contribution in [3.63, 3.8) is 0 Å². The van der Waals surface area contributed by atoms with Crippen LogP contribution >= 0.6 is 0 Å². The molecular formula is C26H27N5O7. The summed E-state index contributed by atoms with van der Waals surface area (Å²) in [5.41, 5.74) is 1.89. The highest BCUT2D eigenvalue weighted by atomic mass is 16.7. The minimum absolute atomic E-state index is 0.0744. The zero-order valence-electron chi connectivity index (χ0n) is 20.8. The maximum absolute atomic E-state index is 13.2. The van der Waals surface area contributed by atoms with Crippen LogP contribution in [0.5, 0.6) is 23.0 Å². The van der Waals surface area contributed by atoms with Gasteiger partial charge in [0.15, 0.2) is 23.0 Å². The van der Waals surface area contributed by atoms with E-state index in [-0.39, 0.29) is 31.6 Å². The second-order valence-electron chi connectivity index (χ2n) is 9.28. The number of nitrogens with zero attached hydrogens (tertiary/aromatic N) is 4. The third-order valence-electron chi connectivity index (χ3n) is 6.76. The van der Waals surface area contributed by atoms with Crippen molar-refractivity contribution >= 4 is 11.8 Å². The smallest absolute Gasteiger partial charge is 0.251 e. The molecule has 4 bridgehead atoms. The summed E-state index contributed by atoms with van der Waals surface area (Å²) in [6, 6.07) is 10.1. The number of rotatable bonds is 3. The van der Waals surface area contributed by atoms with E-state index in [1.54, 1.807) is 47.2 Å². The molecule has 1 aromatic heterocycles. The summed E-state index contributed by atoms with van der Waals surface area (Å²) in [5, 5.41) is 11.4. The first-order valence-corrected chi connectivity index (χ1v) is 12.3. The summed E-state index contributed by atoms with van der Waals surface area (Å²) >= 11 is 0. The maximum atomic E-state index is 13.2. The first kappa shape index (κ1) is 24.0. The minimum atomic E-state index is -0.427. The van der Waals surface area contributed by atoms with Crippen molar-refractivity contribution in [2.75, 3.05) is 33.6 Å². The van der Waals surface area contributed by atoms with Gasteiger partial charge in [0, 0.05) is 18.7 Å². The van der Waals surface area contributed by atoms with Crippen molar-refractivity contribution in [3.05, 3.63) is 59.4 Å². The molecule has 0 spiro atoms. The Morgan fingerprint density at radius 3 is 2.89 bits per heavy atom. The van der Waals surface area contributed by atoms with Gasteiger partial charge < -0.3 is 33.9 Å². The number of benzene rings is 2. The third-order valence-corrected chi connectivity index (χ3v) is 6.76. The first-order valence-electron chi connectivity index (χ1n) is 12.3. The van der Waals surface area contributed by atoms with Crippen molar-refractivity contribution in [1.29, 1.82) is 0 Å². The fraction of sp³-hybridized carbons (Fsp3) is 0.385. The van der Waals surface area contributed by atoms with Crippen LogP contribution in [0, 0.1) is 0 Å². The molecule has 0 saturated carbocycles. The lowest BCUT2D eigenvalue weighted by Crippen LogP contribution is -2.44. The van der Waals surface area contributed by atoms with Crippen LogP contribution in [0.25, 0.3) is 0 Å². The van der Waals surface area contributed by atoms with E-state index in [0.29, 0.717) is 60.5 Å². The summed E-state index contributed by atoms with van der Waals surface area (Å²) in [7, 11) is 1.55. The van der Waals surface area contributed by atoms with Crippen LogP contribution in [0.2, 0.25) is 0 Å². The van der Waals surface area contributed by atoms with Gasteiger partial charge in [-0.25, -0.2) is 4.68 Å². The van der Waals surface area contributed by atoms with E-state index in [1.807, 2.05) is 12.1 Å². The van der Waals surface area contributed by atoms with Gasteiger partial charge in [0.05, 0.1) is 45.0 Å². The molecule has 38 heavy (non-hydrogen) atoms. The van der Waals surface area contributed by atoms with Crippen LogP contribution < -0.4 is 24.3 Å². The van der Waals surface area contributed by atoms with Crippen molar-refractivity contribution in [2.45, 2.75) is 31.7 Å². The SMILES string of the molecule is COc1ccc2cc1OCCn1cc(nn1)CO[C@H]1CN(C(=O)Cc3ccc4c(c3)OCO4)C[C@@H]1NC2=O. The van der Waals surface area contributed by atoms with Crippen molar-refractivity contribution in [3.8, 4) is 23.0 Å². The number of aromatic nitrogens is 3. The monoisotopic (exact) mass is 521 g/mol. The molecule has 0 unspecified atom stereocenters. The average molecular weight is 522 g/mol. The molecule has 4 heterocycles. The molecule has 3 aliphatic heterocycles. The molecule has 2 amide bonds. The van der Waals surface area contributed by atoms with E-state index in [0.717, 1.165) is 5.56 Å². The van der Waals surface area contributed by atoms with E-state index in [4.69, 9.17) is 23.7 Å². The topological polar surface area (TPSA) is 126 Å². The normalized spacial score (nSPS) is 20.6. The van der Waals surface area contributed by atoms with Gasteiger partial charge in [0.2, 0.25) is 12.7 Å². The van der Waals surface area contributed by atoms with Crippen LogP contribution in [-0.2, 0) is 29.1 Å². The molecule has 12 heteroatoms. The number of amides is 2. The largest absolute Gasteiger partial charge is 0.493 e. The summed E-state index contributed by atoms with van der Waals surface area (Å²) in [6.07, 6.45) is 1.56. The maximum Gasteiger partial charge on any atom is 0.251 e. The number of fused-ring (bicyclic) bond motifs is 6. The molecular weight excluding hydrogens is 494 g/mol. The lowest BCUT2D eigenvalue weighted by atomic mass is 10.1. The van der Waals surface area contributed by atoms with Gasteiger partial charge in [-0.3, -0.25) is 9.59 Å². The molecule has 3 aromatic rings. The van der Waals surface area contributed by atoms with Crippen molar-refractivity contribution in [1.82, 2.24) is 25.2 Å². The van der Waals surface area contributed by atoms with Crippen LogP contribution in [0.1, 0.15) is 21.6 Å². The first-order chi connectivity index (χ1) is 18.6. The van der Waals surface area contributed by atoms with Crippen LogP contribution in [-0.4, -0.2) is 77.5 Å².